The van der Waals surface area contributed by atoms with Crippen LogP contribution in [-0.2, 0) is 14.3 Å². The van der Waals surface area contributed by atoms with Gasteiger partial charge in [0.15, 0.2) is 6.10 Å². The fourth-order valence-corrected chi connectivity index (χ4v) is 0.385. The largest absolute Gasteiger partial charge is 0.481 e. The van der Waals surface area contributed by atoms with Crippen molar-refractivity contribution in [2.75, 3.05) is 7.11 Å². The summed E-state index contributed by atoms with van der Waals surface area (Å²) in [4.78, 5) is 20.2. The predicted molar refractivity (Wildman–Crippen MR) is 41.5 cm³/mol. The van der Waals surface area contributed by atoms with E-state index in [1.54, 1.807) is 0 Å². The molecule has 0 amide bonds. The summed E-state index contributed by atoms with van der Waals surface area (Å²) < 4.78 is 4.06. The second-order valence-corrected chi connectivity index (χ2v) is 1.64. The molecule has 0 fully saturated rings. The molecule has 0 saturated heterocycles. The highest BCUT2D eigenvalue weighted by Crippen LogP contribution is 1.92. The summed E-state index contributed by atoms with van der Waals surface area (Å²) >= 11 is 0. The van der Waals surface area contributed by atoms with Crippen LogP contribution in [0.25, 0.3) is 0 Å². The quantitative estimate of drug-likeness (QED) is 0.459. The fourth-order valence-electron chi connectivity index (χ4n) is 0.385. The number of ether oxygens (including phenoxy) is 1. The molecule has 0 heterocycles. The van der Waals surface area contributed by atoms with Gasteiger partial charge in [0.2, 0.25) is 0 Å². The SMILES string of the molecule is C=C.COC(=O)C(O)CC(=O)O. The molecule has 0 aromatic carbocycles. The third kappa shape index (κ3) is 6.76. The van der Waals surface area contributed by atoms with E-state index >= 15 is 0 Å². The Morgan fingerprint density at radius 2 is 1.92 bits per heavy atom. The molecule has 1 atom stereocenters. The topological polar surface area (TPSA) is 83.8 Å². The van der Waals surface area contributed by atoms with E-state index in [1.165, 1.54) is 0 Å². The number of carbonyl (C=O) groups is 2. The van der Waals surface area contributed by atoms with Gasteiger partial charge in [-0.05, 0) is 0 Å². The molecular weight excluding hydrogens is 164 g/mol. The molecule has 12 heavy (non-hydrogen) atoms. The molecule has 1 unspecified atom stereocenters. The molecule has 0 radical (unpaired) electrons. The highest BCUT2D eigenvalue weighted by Gasteiger charge is 2.18. The van der Waals surface area contributed by atoms with E-state index in [2.05, 4.69) is 17.9 Å². The van der Waals surface area contributed by atoms with Crippen molar-refractivity contribution in [3.8, 4) is 0 Å². The van der Waals surface area contributed by atoms with Crippen molar-refractivity contribution in [1.82, 2.24) is 0 Å². The van der Waals surface area contributed by atoms with Crippen molar-refractivity contribution in [2.45, 2.75) is 12.5 Å². The third-order valence-electron chi connectivity index (χ3n) is 0.841. The summed E-state index contributed by atoms with van der Waals surface area (Å²) in [5.74, 6) is -2.17. The summed E-state index contributed by atoms with van der Waals surface area (Å²) in [6.45, 7) is 6.00. The summed E-state index contributed by atoms with van der Waals surface area (Å²) in [6.07, 6.45) is -2.17. The maximum atomic E-state index is 10.3. The minimum Gasteiger partial charge on any atom is -0.481 e. The van der Waals surface area contributed by atoms with Gasteiger partial charge in [0.05, 0.1) is 13.5 Å². The fraction of sp³-hybridized carbons (Fsp3) is 0.429. The normalized spacial score (nSPS) is 10.5. The summed E-state index contributed by atoms with van der Waals surface area (Å²) in [7, 11) is 1.08. The van der Waals surface area contributed by atoms with Crippen molar-refractivity contribution in [2.24, 2.45) is 0 Å². The minimum atomic E-state index is -1.55. The molecule has 0 aliphatic heterocycles. The Balaban J connectivity index is 0. The molecule has 0 aliphatic rings. The van der Waals surface area contributed by atoms with E-state index in [9.17, 15) is 9.59 Å². The molecule has 0 aromatic rings. The van der Waals surface area contributed by atoms with Crippen LogP contribution < -0.4 is 0 Å². The van der Waals surface area contributed by atoms with Gasteiger partial charge < -0.3 is 14.9 Å². The van der Waals surface area contributed by atoms with Gasteiger partial charge in [0.1, 0.15) is 0 Å². The minimum absolute atomic E-state index is 0.618. The number of hydrogen-bond donors (Lipinski definition) is 2. The van der Waals surface area contributed by atoms with Gasteiger partial charge in [-0.2, -0.15) is 0 Å². The number of aliphatic hydroxyl groups excluding tert-OH is 1. The lowest BCUT2D eigenvalue weighted by Gasteiger charge is -2.03. The van der Waals surface area contributed by atoms with Crippen LogP contribution in [0, 0.1) is 0 Å². The van der Waals surface area contributed by atoms with E-state index in [-0.39, 0.29) is 0 Å². The van der Waals surface area contributed by atoms with Crippen LogP contribution in [0.5, 0.6) is 0 Å². The van der Waals surface area contributed by atoms with Crippen molar-refractivity contribution in [3.63, 3.8) is 0 Å². The summed E-state index contributed by atoms with van der Waals surface area (Å²) in [5.41, 5.74) is 0. The van der Waals surface area contributed by atoms with Gasteiger partial charge in [0, 0.05) is 0 Å². The number of carboxylic acids is 1. The molecular formula is C7H12O5. The lowest BCUT2D eigenvalue weighted by molar-refractivity contribution is -0.155. The van der Waals surface area contributed by atoms with Crippen LogP contribution >= 0.6 is 0 Å². The Labute approximate surface area is 70.3 Å². The van der Waals surface area contributed by atoms with Crippen LogP contribution in [0.15, 0.2) is 13.2 Å². The molecule has 0 rings (SSSR count). The van der Waals surface area contributed by atoms with Gasteiger partial charge in [-0.3, -0.25) is 4.79 Å². The average Bonchev–Trinajstić information content (AvgIpc) is 2.05. The average molecular weight is 176 g/mol. The van der Waals surface area contributed by atoms with Crippen molar-refractivity contribution in [3.05, 3.63) is 13.2 Å². The number of hydrogen-bond acceptors (Lipinski definition) is 4. The highest BCUT2D eigenvalue weighted by atomic mass is 16.5. The smallest absolute Gasteiger partial charge is 0.335 e. The zero-order valence-corrected chi connectivity index (χ0v) is 6.82. The Morgan fingerprint density at radius 1 is 1.50 bits per heavy atom. The van der Waals surface area contributed by atoms with Crippen LogP contribution in [0.2, 0.25) is 0 Å². The maximum absolute atomic E-state index is 10.3. The second kappa shape index (κ2) is 7.74. The van der Waals surface area contributed by atoms with Gasteiger partial charge in [-0.1, -0.05) is 0 Å². The van der Waals surface area contributed by atoms with Gasteiger partial charge in [0.25, 0.3) is 0 Å². The number of aliphatic hydroxyl groups is 1. The lowest BCUT2D eigenvalue weighted by Crippen LogP contribution is -2.24. The van der Waals surface area contributed by atoms with Crippen LogP contribution in [0.3, 0.4) is 0 Å². The Hall–Kier alpha value is -1.36. The van der Waals surface area contributed by atoms with E-state index in [0.29, 0.717) is 0 Å². The molecule has 5 heteroatoms. The van der Waals surface area contributed by atoms with Crippen LogP contribution in [0.1, 0.15) is 6.42 Å². The zero-order chi connectivity index (χ0) is 10.1. The molecule has 0 bridgehead atoms. The summed E-state index contributed by atoms with van der Waals surface area (Å²) in [5, 5.41) is 16.7. The lowest BCUT2D eigenvalue weighted by atomic mass is 10.3. The first-order valence-corrected chi connectivity index (χ1v) is 3.05. The Kier molecular flexibility index (Phi) is 8.55. The van der Waals surface area contributed by atoms with Crippen LogP contribution in [-0.4, -0.2) is 35.4 Å². The Morgan fingerprint density at radius 3 is 2.17 bits per heavy atom. The highest BCUT2D eigenvalue weighted by molar-refractivity contribution is 5.80. The number of esters is 1. The second-order valence-electron chi connectivity index (χ2n) is 1.64. The Bertz CT molecular complexity index is 154. The third-order valence-corrected chi connectivity index (χ3v) is 0.841. The van der Waals surface area contributed by atoms with Crippen molar-refractivity contribution >= 4 is 11.9 Å². The monoisotopic (exact) mass is 176 g/mol. The molecule has 5 nitrogen and oxygen atoms in total. The molecule has 2 N–H and O–H groups in total. The molecule has 70 valence electrons. The van der Waals surface area contributed by atoms with Gasteiger partial charge >= 0.3 is 11.9 Å². The maximum Gasteiger partial charge on any atom is 0.335 e. The zero-order valence-electron chi connectivity index (χ0n) is 6.82. The molecule has 0 aromatic heterocycles. The number of methoxy groups -OCH3 is 1. The first-order chi connectivity index (χ1) is 5.57. The van der Waals surface area contributed by atoms with Crippen LogP contribution in [0.4, 0.5) is 0 Å². The van der Waals surface area contributed by atoms with Gasteiger partial charge in [-0.25, -0.2) is 4.79 Å². The van der Waals surface area contributed by atoms with Gasteiger partial charge in [-0.15, -0.1) is 13.2 Å². The first-order valence-electron chi connectivity index (χ1n) is 3.05. The van der Waals surface area contributed by atoms with Crippen molar-refractivity contribution in [1.29, 1.82) is 0 Å². The number of carboxylic acid groups (broad SMARTS) is 1. The number of aliphatic carboxylic acids is 1. The number of rotatable bonds is 3. The molecule has 0 aliphatic carbocycles. The molecule has 0 saturated carbocycles. The van der Waals surface area contributed by atoms with E-state index in [0.717, 1.165) is 7.11 Å². The van der Waals surface area contributed by atoms with E-state index in [1.807, 2.05) is 0 Å². The molecule has 0 spiro atoms. The van der Waals surface area contributed by atoms with E-state index < -0.39 is 24.5 Å². The standard InChI is InChI=1S/C5H8O5.C2H4/c1-10-5(9)3(6)2-4(7)8;1-2/h3,6H,2H2,1H3,(H,7,8);1-2H2. The summed E-state index contributed by atoms with van der Waals surface area (Å²) in [6, 6.07) is 0. The van der Waals surface area contributed by atoms with E-state index in [4.69, 9.17) is 10.2 Å². The first kappa shape index (κ1) is 13.2. The van der Waals surface area contributed by atoms with Crippen molar-refractivity contribution < 1.29 is 24.5 Å². The predicted octanol–water partition coefficient (Wildman–Crippen LogP) is -0.203. The number of carbonyl (C=O) groups excluding carboxylic acids is 1.